The minimum atomic E-state index is 0.712. The molecule has 0 bridgehead atoms. The fourth-order valence-corrected chi connectivity index (χ4v) is 1.05. The van der Waals surface area contributed by atoms with Gasteiger partial charge in [-0.2, -0.15) is 0 Å². The van der Waals surface area contributed by atoms with Crippen LogP contribution < -0.4 is 0 Å². The van der Waals surface area contributed by atoms with Crippen molar-refractivity contribution >= 4 is 6.29 Å². The van der Waals surface area contributed by atoms with Crippen LogP contribution in [0, 0.1) is 0 Å². The van der Waals surface area contributed by atoms with Gasteiger partial charge in [0.15, 0.2) is 0 Å². The zero-order chi connectivity index (χ0) is 9.78. The van der Waals surface area contributed by atoms with Crippen LogP contribution in [0.25, 0.3) is 0 Å². The molecular formula is C12H20O. The van der Waals surface area contributed by atoms with E-state index in [4.69, 9.17) is 0 Å². The molecule has 0 saturated carbocycles. The van der Waals surface area contributed by atoms with Gasteiger partial charge in [-0.25, -0.2) is 0 Å². The standard InChI is InChI=1S/C12H20O/c1-2-3-4-5-6-7-8-9-10-11-12-13/h3-4,6-7,12H,2,5,8-11H2,1H3. The first-order chi connectivity index (χ1) is 6.41. The van der Waals surface area contributed by atoms with E-state index in [0.29, 0.717) is 6.42 Å². The molecule has 0 fully saturated rings. The van der Waals surface area contributed by atoms with Gasteiger partial charge in [0.1, 0.15) is 6.29 Å². The SMILES string of the molecule is CCC=CCC=CCCCCC=O. The Kier molecular flexibility index (Phi) is 10.4. The van der Waals surface area contributed by atoms with Crippen molar-refractivity contribution in [2.75, 3.05) is 0 Å². The summed E-state index contributed by atoms with van der Waals surface area (Å²) in [4.78, 5) is 9.98. The summed E-state index contributed by atoms with van der Waals surface area (Å²) < 4.78 is 0. The van der Waals surface area contributed by atoms with Crippen LogP contribution in [0.4, 0.5) is 0 Å². The third-order valence-electron chi connectivity index (χ3n) is 1.78. The summed E-state index contributed by atoms with van der Waals surface area (Å²) in [5.41, 5.74) is 0. The van der Waals surface area contributed by atoms with Crippen molar-refractivity contribution in [3.63, 3.8) is 0 Å². The summed E-state index contributed by atoms with van der Waals surface area (Å²) in [6.07, 6.45) is 15.9. The van der Waals surface area contributed by atoms with Gasteiger partial charge in [-0.3, -0.25) is 0 Å². The molecule has 0 aliphatic heterocycles. The minimum Gasteiger partial charge on any atom is -0.303 e. The fourth-order valence-electron chi connectivity index (χ4n) is 1.05. The second-order valence-electron chi connectivity index (χ2n) is 3.04. The summed E-state index contributed by atoms with van der Waals surface area (Å²) in [6.45, 7) is 2.14. The number of carbonyl (C=O) groups excluding carboxylic acids is 1. The highest BCUT2D eigenvalue weighted by Crippen LogP contribution is 1.99. The van der Waals surface area contributed by atoms with Crippen LogP contribution in [0.5, 0.6) is 0 Å². The van der Waals surface area contributed by atoms with Gasteiger partial charge in [-0.1, -0.05) is 31.2 Å². The molecule has 0 unspecified atom stereocenters. The number of aldehydes is 1. The predicted octanol–water partition coefficient (Wildman–Crippen LogP) is 3.66. The number of unbranched alkanes of at least 4 members (excludes halogenated alkanes) is 3. The maximum atomic E-state index is 9.98. The van der Waals surface area contributed by atoms with Gasteiger partial charge in [0.2, 0.25) is 0 Å². The van der Waals surface area contributed by atoms with Gasteiger partial charge < -0.3 is 4.79 Å². The molecule has 0 amide bonds. The molecule has 13 heavy (non-hydrogen) atoms. The van der Waals surface area contributed by atoms with Crippen molar-refractivity contribution < 1.29 is 4.79 Å². The van der Waals surface area contributed by atoms with Crippen LogP contribution in [0.2, 0.25) is 0 Å². The molecule has 1 nitrogen and oxygen atoms in total. The first kappa shape index (κ1) is 12.2. The molecule has 0 N–H and O–H groups in total. The number of allylic oxidation sites excluding steroid dienone is 4. The van der Waals surface area contributed by atoms with E-state index in [-0.39, 0.29) is 0 Å². The molecule has 1 heteroatoms. The lowest BCUT2D eigenvalue weighted by Gasteiger charge is -1.90. The van der Waals surface area contributed by atoms with Gasteiger partial charge in [0.25, 0.3) is 0 Å². The number of carbonyl (C=O) groups is 1. The zero-order valence-corrected chi connectivity index (χ0v) is 8.54. The predicted molar refractivity (Wildman–Crippen MR) is 57.7 cm³/mol. The van der Waals surface area contributed by atoms with Crippen molar-refractivity contribution in [1.82, 2.24) is 0 Å². The Morgan fingerprint density at radius 2 is 1.62 bits per heavy atom. The Morgan fingerprint density at radius 3 is 2.31 bits per heavy atom. The molecule has 0 aromatic heterocycles. The van der Waals surface area contributed by atoms with E-state index >= 15 is 0 Å². The summed E-state index contributed by atoms with van der Waals surface area (Å²) >= 11 is 0. The quantitative estimate of drug-likeness (QED) is 0.316. The molecule has 0 rings (SSSR count). The Hall–Kier alpha value is -0.850. The third kappa shape index (κ3) is 11.1. The normalized spacial score (nSPS) is 11.5. The Labute approximate surface area is 81.5 Å². The van der Waals surface area contributed by atoms with E-state index in [9.17, 15) is 4.79 Å². The molecule has 0 aliphatic rings. The summed E-state index contributed by atoms with van der Waals surface area (Å²) in [7, 11) is 0. The highest BCUT2D eigenvalue weighted by atomic mass is 16.1. The zero-order valence-electron chi connectivity index (χ0n) is 8.54. The average Bonchev–Trinajstić information content (AvgIpc) is 2.16. The van der Waals surface area contributed by atoms with Crippen molar-refractivity contribution in [1.29, 1.82) is 0 Å². The molecule has 74 valence electrons. The maximum absolute atomic E-state index is 9.98. The minimum absolute atomic E-state index is 0.712. The highest BCUT2D eigenvalue weighted by Gasteiger charge is 1.83. The second kappa shape index (κ2) is 11.2. The smallest absolute Gasteiger partial charge is 0.119 e. The van der Waals surface area contributed by atoms with Crippen LogP contribution in [0.1, 0.15) is 45.4 Å². The van der Waals surface area contributed by atoms with Gasteiger partial charge in [-0.05, 0) is 32.1 Å². The third-order valence-corrected chi connectivity index (χ3v) is 1.78. The van der Waals surface area contributed by atoms with Crippen LogP contribution in [-0.4, -0.2) is 6.29 Å². The van der Waals surface area contributed by atoms with Crippen molar-refractivity contribution in [2.45, 2.75) is 45.4 Å². The molecule has 0 aromatic rings. The van der Waals surface area contributed by atoms with E-state index in [0.717, 1.165) is 38.4 Å². The number of hydrogen-bond acceptors (Lipinski definition) is 1. The van der Waals surface area contributed by atoms with Crippen LogP contribution in [0.3, 0.4) is 0 Å². The van der Waals surface area contributed by atoms with E-state index in [1.54, 1.807) is 0 Å². The van der Waals surface area contributed by atoms with Gasteiger partial charge >= 0.3 is 0 Å². The molecule has 0 aromatic carbocycles. The monoisotopic (exact) mass is 180 g/mol. The van der Waals surface area contributed by atoms with Crippen LogP contribution in [0.15, 0.2) is 24.3 Å². The van der Waals surface area contributed by atoms with E-state index in [1.165, 1.54) is 0 Å². The Bertz CT molecular complexity index is 157. The van der Waals surface area contributed by atoms with Gasteiger partial charge in [0, 0.05) is 6.42 Å². The topological polar surface area (TPSA) is 17.1 Å². The Morgan fingerprint density at radius 1 is 0.923 bits per heavy atom. The lowest BCUT2D eigenvalue weighted by molar-refractivity contribution is -0.107. The molecule has 0 saturated heterocycles. The summed E-state index contributed by atoms with van der Waals surface area (Å²) in [5, 5.41) is 0. The highest BCUT2D eigenvalue weighted by molar-refractivity contribution is 5.48. The molecule has 0 spiro atoms. The fraction of sp³-hybridized carbons (Fsp3) is 0.583. The van der Waals surface area contributed by atoms with Gasteiger partial charge in [-0.15, -0.1) is 0 Å². The van der Waals surface area contributed by atoms with Crippen molar-refractivity contribution in [3.05, 3.63) is 24.3 Å². The van der Waals surface area contributed by atoms with Gasteiger partial charge in [0.05, 0.1) is 0 Å². The second-order valence-corrected chi connectivity index (χ2v) is 3.04. The molecule has 0 aliphatic carbocycles. The lowest BCUT2D eigenvalue weighted by atomic mass is 10.2. The van der Waals surface area contributed by atoms with Crippen molar-refractivity contribution in [3.8, 4) is 0 Å². The average molecular weight is 180 g/mol. The number of rotatable bonds is 8. The summed E-state index contributed by atoms with van der Waals surface area (Å²) in [5.74, 6) is 0. The first-order valence-electron chi connectivity index (χ1n) is 5.15. The molecule has 0 atom stereocenters. The number of hydrogen-bond donors (Lipinski definition) is 0. The lowest BCUT2D eigenvalue weighted by Crippen LogP contribution is -1.75. The molecule has 0 radical (unpaired) electrons. The first-order valence-corrected chi connectivity index (χ1v) is 5.15. The summed E-state index contributed by atoms with van der Waals surface area (Å²) in [6, 6.07) is 0. The van der Waals surface area contributed by atoms with E-state index in [2.05, 4.69) is 31.2 Å². The molecule has 0 heterocycles. The Balaban J connectivity index is 3.12. The molecular weight excluding hydrogens is 160 g/mol. The van der Waals surface area contributed by atoms with E-state index < -0.39 is 0 Å². The van der Waals surface area contributed by atoms with Crippen molar-refractivity contribution in [2.24, 2.45) is 0 Å². The van der Waals surface area contributed by atoms with E-state index in [1.807, 2.05) is 0 Å². The largest absolute Gasteiger partial charge is 0.303 e. The van der Waals surface area contributed by atoms with Crippen LogP contribution >= 0.6 is 0 Å². The maximum Gasteiger partial charge on any atom is 0.119 e. The van der Waals surface area contributed by atoms with Crippen LogP contribution in [-0.2, 0) is 4.79 Å².